The summed E-state index contributed by atoms with van der Waals surface area (Å²) in [5.74, 6) is 0.512. The van der Waals surface area contributed by atoms with E-state index in [2.05, 4.69) is 92.0 Å². The maximum absolute atomic E-state index is 6.14. The number of hydrogen-bond acceptors (Lipinski definition) is 3. The lowest BCUT2D eigenvalue weighted by Gasteiger charge is -2.26. The van der Waals surface area contributed by atoms with Gasteiger partial charge in [-0.15, -0.1) is 0 Å². The summed E-state index contributed by atoms with van der Waals surface area (Å²) in [5.41, 5.74) is 5.49. The lowest BCUT2D eigenvalue weighted by Crippen LogP contribution is -2.22. The van der Waals surface area contributed by atoms with Gasteiger partial charge < -0.3 is 10.2 Å². The monoisotopic (exact) mass is 447 g/mol. The fourth-order valence-corrected chi connectivity index (χ4v) is 3.57. The van der Waals surface area contributed by atoms with E-state index < -0.39 is 0 Å². The second kappa shape index (κ2) is 13.4. The van der Waals surface area contributed by atoms with Gasteiger partial charge >= 0.3 is 0 Å². The zero-order valence-corrected chi connectivity index (χ0v) is 20.3. The number of rotatable bonds is 11. The van der Waals surface area contributed by atoms with Gasteiger partial charge in [0.25, 0.3) is 0 Å². The quantitative estimate of drug-likeness (QED) is 0.288. The van der Waals surface area contributed by atoms with Crippen LogP contribution in [0.5, 0.6) is 0 Å². The minimum Gasteiger partial charge on any atom is -0.383 e. The van der Waals surface area contributed by atoms with Crippen LogP contribution in [0.1, 0.15) is 39.0 Å². The van der Waals surface area contributed by atoms with E-state index in [-0.39, 0.29) is 0 Å². The molecule has 0 radical (unpaired) electrons. The van der Waals surface area contributed by atoms with Crippen molar-refractivity contribution in [2.45, 2.75) is 34.2 Å². The predicted molar refractivity (Wildman–Crippen MR) is 139 cm³/mol. The SMILES string of the molecule is C=C/C=C/N(Cc1cccc(Cl)n1)/C(=C(/C)NC/C=C\C(=C/C)C(C)C)c1ccccc1. The molecule has 0 atom stereocenters. The molecule has 0 spiro atoms. The van der Waals surface area contributed by atoms with E-state index in [1.807, 2.05) is 30.5 Å². The van der Waals surface area contributed by atoms with E-state index in [1.54, 1.807) is 12.1 Å². The molecule has 168 valence electrons. The number of hydrogen-bond donors (Lipinski definition) is 1. The number of nitrogens with one attached hydrogen (secondary N) is 1. The average Bonchev–Trinajstić information content (AvgIpc) is 2.78. The van der Waals surface area contributed by atoms with E-state index in [0.29, 0.717) is 17.6 Å². The molecule has 32 heavy (non-hydrogen) atoms. The fraction of sp³-hybridized carbons (Fsp3) is 0.250. The van der Waals surface area contributed by atoms with Gasteiger partial charge in [0.1, 0.15) is 5.15 Å². The van der Waals surface area contributed by atoms with Crippen molar-refractivity contribution in [2.24, 2.45) is 5.92 Å². The van der Waals surface area contributed by atoms with Gasteiger partial charge in [0, 0.05) is 18.4 Å². The zero-order chi connectivity index (χ0) is 23.3. The maximum atomic E-state index is 6.14. The van der Waals surface area contributed by atoms with Crippen LogP contribution < -0.4 is 5.32 Å². The number of allylic oxidation sites excluding steroid dienone is 6. The number of halogens is 1. The van der Waals surface area contributed by atoms with Crippen LogP contribution in [0.4, 0.5) is 0 Å². The molecule has 3 nitrogen and oxygen atoms in total. The minimum atomic E-state index is 0.491. The van der Waals surface area contributed by atoms with Crippen LogP contribution in [0.3, 0.4) is 0 Å². The summed E-state index contributed by atoms with van der Waals surface area (Å²) in [6.07, 6.45) is 12.3. The molecule has 0 amide bonds. The first-order valence-electron chi connectivity index (χ1n) is 11.0. The molecule has 0 bridgehead atoms. The van der Waals surface area contributed by atoms with Gasteiger partial charge in [0.15, 0.2) is 0 Å². The Labute approximate surface area is 198 Å². The number of pyridine rings is 1. The normalized spacial score (nSPS) is 13.0. The average molecular weight is 448 g/mol. The number of nitrogens with zero attached hydrogens (tertiary/aromatic N) is 2. The third-order valence-corrected chi connectivity index (χ3v) is 5.20. The van der Waals surface area contributed by atoms with Gasteiger partial charge in [-0.25, -0.2) is 4.98 Å². The molecule has 4 heteroatoms. The molecule has 0 saturated carbocycles. The van der Waals surface area contributed by atoms with Crippen molar-refractivity contribution in [3.8, 4) is 0 Å². The van der Waals surface area contributed by atoms with E-state index >= 15 is 0 Å². The summed E-state index contributed by atoms with van der Waals surface area (Å²) in [6, 6.07) is 16.1. The van der Waals surface area contributed by atoms with E-state index in [4.69, 9.17) is 11.6 Å². The second-order valence-corrected chi connectivity index (χ2v) is 8.11. The Morgan fingerprint density at radius 2 is 1.91 bits per heavy atom. The van der Waals surface area contributed by atoms with Crippen molar-refractivity contribution in [1.82, 2.24) is 15.2 Å². The van der Waals surface area contributed by atoms with Crippen LogP contribution in [0.15, 0.2) is 103 Å². The van der Waals surface area contributed by atoms with Crippen LogP contribution in [0.2, 0.25) is 5.15 Å². The third-order valence-electron chi connectivity index (χ3n) is 4.99. The Bertz CT molecular complexity index is 985. The van der Waals surface area contributed by atoms with Crippen LogP contribution in [0.25, 0.3) is 5.70 Å². The molecule has 0 fully saturated rings. The van der Waals surface area contributed by atoms with E-state index in [0.717, 1.165) is 29.2 Å². The summed E-state index contributed by atoms with van der Waals surface area (Å²) in [4.78, 5) is 6.65. The molecule has 0 saturated heterocycles. The van der Waals surface area contributed by atoms with E-state index in [9.17, 15) is 0 Å². The van der Waals surface area contributed by atoms with E-state index in [1.165, 1.54) is 5.57 Å². The van der Waals surface area contributed by atoms with Gasteiger partial charge in [-0.2, -0.15) is 0 Å². The van der Waals surface area contributed by atoms with Crippen molar-refractivity contribution in [1.29, 1.82) is 0 Å². The highest BCUT2D eigenvalue weighted by Crippen LogP contribution is 2.25. The van der Waals surface area contributed by atoms with Crippen LogP contribution >= 0.6 is 11.6 Å². The van der Waals surface area contributed by atoms with Gasteiger partial charge in [-0.1, -0.05) is 92.7 Å². The first kappa shape index (κ1) is 25.2. The Morgan fingerprint density at radius 1 is 1.16 bits per heavy atom. The van der Waals surface area contributed by atoms with Gasteiger partial charge in [0.2, 0.25) is 0 Å². The standard InChI is InChI=1S/C28H34ClN3/c1-6-8-20-32(21-26-17-12-18-27(29)31-26)28(25-14-10-9-11-15-25)23(5)30-19-13-16-24(7-2)22(3)4/h6-18,20,22,30H,1,19,21H2,2-5H3/b16-13-,20-8+,24-7+,28-23-. The Balaban J connectivity index is 2.38. The predicted octanol–water partition coefficient (Wildman–Crippen LogP) is 7.37. The van der Waals surface area contributed by atoms with Gasteiger partial charge in [-0.05, 0) is 49.1 Å². The van der Waals surface area contributed by atoms with Gasteiger partial charge in [-0.3, -0.25) is 0 Å². The first-order chi connectivity index (χ1) is 15.5. The fourth-order valence-electron chi connectivity index (χ4n) is 3.39. The maximum Gasteiger partial charge on any atom is 0.129 e. The molecule has 0 unspecified atom stereocenters. The molecule has 1 heterocycles. The smallest absolute Gasteiger partial charge is 0.129 e. The highest BCUT2D eigenvalue weighted by atomic mass is 35.5. The lowest BCUT2D eigenvalue weighted by atomic mass is 10.0. The van der Waals surface area contributed by atoms with Gasteiger partial charge in [0.05, 0.1) is 17.9 Å². The summed E-state index contributed by atoms with van der Waals surface area (Å²) in [7, 11) is 0. The highest BCUT2D eigenvalue weighted by molar-refractivity contribution is 6.29. The molecular formula is C28H34ClN3. The first-order valence-corrected chi connectivity index (χ1v) is 11.3. The summed E-state index contributed by atoms with van der Waals surface area (Å²) >= 11 is 6.14. The Kier molecular flexibility index (Phi) is 10.6. The molecule has 1 aromatic carbocycles. The summed E-state index contributed by atoms with van der Waals surface area (Å²) in [6.45, 7) is 13.8. The van der Waals surface area contributed by atoms with Crippen molar-refractivity contribution < 1.29 is 0 Å². The summed E-state index contributed by atoms with van der Waals surface area (Å²) in [5, 5.41) is 4.06. The largest absolute Gasteiger partial charge is 0.383 e. The van der Waals surface area contributed by atoms with Crippen LogP contribution in [-0.4, -0.2) is 16.4 Å². The molecule has 1 aromatic heterocycles. The number of aromatic nitrogens is 1. The molecule has 0 aliphatic carbocycles. The van der Waals surface area contributed by atoms with Crippen LogP contribution in [0, 0.1) is 5.92 Å². The second-order valence-electron chi connectivity index (χ2n) is 7.72. The molecule has 2 aromatic rings. The Morgan fingerprint density at radius 3 is 2.53 bits per heavy atom. The molecule has 0 aliphatic rings. The minimum absolute atomic E-state index is 0.491. The molecular weight excluding hydrogens is 414 g/mol. The number of benzene rings is 1. The topological polar surface area (TPSA) is 28.2 Å². The molecule has 2 rings (SSSR count). The van der Waals surface area contributed by atoms with Crippen molar-refractivity contribution in [3.05, 3.63) is 119 Å². The highest BCUT2D eigenvalue weighted by Gasteiger charge is 2.14. The van der Waals surface area contributed by atoms with Crippen molar-refractivity contribution in [3.63, 3.8) is 0 Å². The third kappa shape index (κ3) is 7.90. The lowest BCUT2D eigenvalue weighted by molar-refractivity contribution is 0.510. The zero-order valence-electron chi connectivity index (χ0n) is 19.6. The molecule has 1 N–H and O–H groups in total. The summed E-state index contributed by atoms with van der Waals surface area (Å²) < 4.78 is 0. The van der Waals surface area contributed by atoms with Crippen molar-refractivity contribution >= 4 is 17.3 Å². The Hall–Kier alpha value is -3.04. The van der Waals surface area contributed by atoms with Crippen molar-refractivity contribution in [2.75, 3.05) is 6.54 Å². The van der Waals surface area contributed by atoms with Crippen LogP contribution in [-0.2, 0) is 6.54 Å². The molecule has 0 aliphatic heterocycles.